The molecular weight excluding hydrogens is 232 g/mol. The molecule has 3 rings (SSSR count). The summed E-state index contributed by atoms with van der Waals surface area (Å²) in [5.41, 5.74) is 1.09. The molecule has 0 radical (unpaired) electrons. The molecule has 0 aliphatic rings. The van der Waals surface area contributed by atoms with Gasteiger partial charge < -0.3 is 4.98 Å². The number of hydrogen-bond acceptors (Lipinski definition) is 3. The van der Waals surface area contributed by atoms with Gasteiger partial charge in [0.25, 0.3) is 5.56 Å². The molecule has 0 spiro atoms. The fourth-order valence-corrected chi connectivity index (χ4v) is 1.91. The van der Waals surface area contributed by atoms with E-state index in [1.807, 2.05) is 12.1 Å². The van der Waals surface area contributed by atoms with Gasteiger partial charge in [-0.3, -0.25) is 24.4 Å². The zero-order valence-electron chi connectivity index (χ0n) is 9.38. The molecule has 3 aromatic heterocycles. The standard InChI is InChI=1S/C12H10N4O2/c17-11-4-10-9(6-14-11)12(18)15-16(10)7-8-2-1-3-13-5-8/h1-6H,7H2,(H,14,17)(H,15,18). The Morgan fingerprint density at radius 2 is 2.22 bits per heavy atom. The summed E-state index contributed by atoms with van der Waals surface area (Å²) < 4.78 is 1.64. The minimum atomic E-state index is -0.235. The second-order valence-corrected chi connectivity index (χ2v) is 3.98. The van der Waals surface area contributed by atoms with Crippen molar-refractivity contribution in [3.8, 4) is 0 Å². The van der Waals surface area contributed by atoms with Crippen LogP contribution < -0.4 is 11.1 Å². The van der Waals surface area contributed by atoms with E-state index in [0.717, 1.165) is 5.56 Å². The van der Waals surface area contributed by atoms with Crippen LogP contribution in [0.5, 0.6) is 0 Å². The maximum atomic E-state index is 11.7. The summed E-state index contributed by atoms with van der Waals surface area (Å²) in [5.74, 6) is 0. The SMILES string of the molecule is O=c1cc2c(c[nH]1)c(=O)[nH]n2Cc1cccnc1. The monoisotopic (exact) mass is 242 g/mol. The molecular formula is C12H10N4O2. The van der Waals surface area contributed by atoms with Gasteiger partial charge in [0, 0.05) is 24.7 Å². The highest BCUT2D eigenvalue weighted by molar-refractivity contribution is 5.77. The van der Waals surface area contributed by atoms with Gasteiger partial charge in [0.2, 0.25) is 5.56 Å². The number of nitrogens with zero attached hydrogens (tertiary/aromatic N) is 2. The number of aromatic nitrogens is 4. The van der Waals surface area contributed by atoms with Gasteiger partial charge in [-0.2, -0.15) is 0 Å². The third kappa shape index (κ3) is 1.73. The largest absolute Gasteiger partial charge is 0.328 e. The number of nitrogens with one attached hydrogen (secondary N) is 2. The molecule has 3 aromatic rings. The Morgan fingerprint density at radius 1 is 1.33 bits per heavy atom. The first kappa shape index (κ1) is 10.5. The van der Waals surface area contributed by atoms with Crippen molar-refractivity contribution >= 4 is 10.9 Å². The molecule has 0 aromatic carbocycles. The molecule has 18 heavy (non-hydrogen) atoms. The first-order valence-corrected chi connectivity index (χ1v) is 5.44. The Kier molecular flexibility index (Phi) is 2.33. The smallest absolute Gasteiger partial charge is 0.273 e. The first-order chi connectivity index (χ1) is 8.74. The van der Waals surface area contributed by atoms with E-state index in [9.17, 15) is 9.59 Å². The maximum absolute atomic E-state index is 11.7. The summed E-state index contributed by atoms with van der Waals surface area (Å²) in [4.78, 5) is 29.5. The highest BCUT2D eigenvalue weighted by Crippen LogP contribution is 2.07. The van der Waals surface area contributed by atoms with Crippen LogP contribution in [0.3, 0.4) is 0 Å². The van der Waals surface area contributed by atoms with Crippen LogP contribution in [0.15, 0.2) is 46.4 Å². The fraction of sp³-hybridized carbons (Fsp3) is 0.0833. The second kappa shape index (κ2) is 3.99. The fourth-order valence-electron chi connectivity index (χ4n) is 1.91. The Morgan fingerprint density at radius 3 is 3.00 bits per heavy atom. The molecule has 0 atom stereocenters. The van der Waals surface area contributed by atoms with Crippen molar-refractivity contribution in [2.75, 3.05) is 0 Å². The van der Waals surface area contributed by atoms with E-state index in [4.69, 9.17) is 0 Å². The molecule has 0 saturated carbocycles. The summed E-state index contributed by atoms with van der Waals surface area (Å²) in [6, 6.07) is 5.14. The van der Waals surface area contributed by atoms with Crippen LogP contribution in [-0.4, -0.2) is 19.7 Å². The summed E-state index contributed by atoms with van der Waals surface area (Å²) in [6.07, 6.45) is 4.83. The van der Waals surface area contributed by atoms with Crippen molar-refractivity contribution in [2.24, 2.45) is 0 Å². The topological polar surface area (TPSA) is 83.5 Å². The van der Waals surface area contributed by atoms with Crippen molar-refractivity contribution in [1.82, 2.24) is 19.7 Å². The normalized spacial score (nSPS) is 10.9. The molecule has 0 unspecified atom stereocenters. The van der Waals surface area contributed by atoms with Gasteiger partial charge in [-0.05, 0) is 11.6 Å². The van der Waals surface area contributed by atoms with E-state index in [0.29, 0.717) is 17.4 Å². The van der Waals surface area contributed by atoms with E-state index in [-0.39, 0.29) is 11.1 Å². The highest BCUT2D eigenvalue weighted by atomic mass is 16.1. The lowest BCUT2D eigenvalue weighted by Crippen LogP contribution is -2.07. The van der Waals surface area contributed by atoms with Crippen LogP contribution in [0.25, 0.3) is 10.9 Å². The summed E-state index contributed by atoms with van der Waals surface area (Å²) in [6.45, 7) is 0.468. The van der Waals surface area contributed by atoms with Gasteiger partial charge >= 0.3 is 0 Å². The Balaban J connectivity index is 2.15. The summed E-state index contributed by atoms with van der Waals surface area (Å²) in [7, 11) is 0. The molecule has 2 N–H and O–H groups in total. The van der Waals surface area contributed by atoms with Crippen LogP contribution in [0.2, 0.25) is 0 Å². The Labute approximate surface area is 101 Å². The highest BCUT2D eigenvalue weighted by Gasteiger charge is 2.07. The van der Waals surface area contributed by atoms with Crippen molar-refractivity contribution in [3.63, 3.8) is 0 Å². The molecule has 0 fully saturated rings. The van der Waals surface area contributed by atoms with E-state index < -0.39 is 0 Å². The quantitative estimate of drug-likeness (QED) is 0.684. The minimum Gasteiger partial charge on any atom is -0.328 e. The van der Waals surface area contributed by atoms with Gasteiger partial charge in [-0.15, -0.1) is 0 Å². The van der Waals surface area contributed by atoms with Gasteiger partial charge in [-0.1, -0.05) is 6.07 Å². The van der Waals surface area contributed by atoms with E-state index in [1.54, 1.807) is 17.1 Å². The average Bonchev–Trinajstić information content (AvgIpc) is 2.67. The van der Waals surface area contributed by atoms with Crippen LogP contribution >= 0.6 is 0 Å². The Bertz CT molecular complexity index is 798. The van der Waals surface area contributed by atoms with E-state index >= 15 is 0 Å². The van der Waals surface area contributed by atoms with Crippen LogP contribution in [0.1, 0.15) is 5.56 Å². The predicted octanol–water partition coefficient (Wildman–Crippen LogP) is 0.461. The van der Waals surface area contributed by atoms with Gasteiger partial charge in [0.1, 0.15) is 0 Å². The molecule has 90 valence electrons. The molecule has 0 aliphatic carbocycles. The lowest BCUT2D eigenvalue weighted by Gasteiger charge is -2.03. The first-order valence-electron chi connectivity index (χ1n) is 5.44. The lowest BCUT2D eigenvalue weighted by atomic mass is 10.3. The summed E-state index contributed by atoms with van der Waals surface area (Å²) >= 11 is 0. The number of H-pyrrole nitrogens is 2. The average molecular weight is 242 g/mol. The zero-order valence-corrected chi connectivity index (χ0v) is 9.38. The van der Waals surface area contributed by atoms with Crippen molar-refractivity contribution in [3.05, 3.63) is 63.1 Å². The molecule has 6 heteroatoms. The minimum absolute atomic E-state index is 0.217. The number of rotatable bonds is 2. The number of aromatic amines is 2. The molecule has 0 amide bonds. The van der Waals surface area contributed by atoms with Crippen LogP contribution in [-0.2, 0) is 6.54 Å². The molecule has 0 aliphatic heterocycles. The number of hydrogen-bond donors (Lipinski definition) is 2. The zero-order chi connectivity index (χ0) is 12.5. The molecule has 0 bridgehead atoms. The van der Waals surface area contributed by atoms with E-state index in [2.05, 4.69) is 15.1 Å². The van der Waals surface area contributed by atoms with E-state index in [1.165, 1.54) is 12.3 Å². The molecule has 3 heterocycles. The van der Waals surface area contributed by atoms with Gasteiger partial charge in [0.15, 0.2) is 0 Å². The third-order valence-corrected chi connectivity index (χ3v) is 2.74. The predicted molar refractivity (Wildman–Crippen MR) is 66.5 cm³/mol. The van der Waals surface area contributed by atoms with Crippen LogP contribution in [0.4, 0.5) is 0 Å². The van der Waals surface area contributed by atoms with Crippen molar-refractivity contribution in [2.45, 2.75) is 6.54 Å². The van der Waals surface area contributed by atoms with Gasteiger partial charge in [-0.25, -0.2) is 0 Å². The number of fused-ring (bicyclic) bond motifs is 1. The number of pyridine rings is 2. The lowest BCUT2D eigenvalue weighted by molar-refractivity contribution is 0.700. The van der Waals surface area contributed by atoms with Gasteiger partial charge in [0.05, 0.1) is 17.4 Å². The Hall–Kier alpha value is -2.63. The molecule has 6 nitrogen and oxygen atoms in total. The third-order valence-electron chi connectivity index (χ3n) is 2.74. The second-order valence-electron chi connectivity index (χ2n) is 3.98. The molecule has 0 saturated heterocycles. The van der Waals surface area contributed by atoms with Crippen LogP contribution in [0, 0.1) is 0 Å². The maximum Gasteiger partial charge on any atom is 0.273 e. The summed E-state index contributed by atoms with van der Waals surface area (Å²) in [5, 5.41) is 3.17. The van der Waals surface area contributed by atoms with Crippen molar-refractivity contribution < 1.29 is 0 Å². The van der Waals surface area contributed by atoms with Crippen molar-refractivity contribution in [1.29, 1.82) is 0 Å².